The summed E-state index contributed by atoms with van der Waals surface area (Å²) in [7, 11) is 1.77. The van der Waals surface area contributed by atoms with Gasteiger partial charge in [-0.25, -0.2) is 4.98 Å². The van der Waals surface area contributed by atoms with Crippen molar-refractivity contribution in [2.45, 2.75) is 25.4 Å². The van der Waals surface area contributed by atoms with Crippen molar-refractivity contribution in [3.8, 4) is 0 Å². The molecule has 4 nitrogen and oxygen atoms in total. The van der Waals surface area contributed by atoms with E-state index in [4.69, 9.17) is 10.5 Å². The van der Waals surface area contributed by atoms with Crippen LogP contribution in [-0.2, 0) is 4.74 Å². The zero-order chi connectivity index (χ0) is 12.5. The number of rotatable bonds is 2. The summed E-state index contributed by atoms with van der Waals surface area (Å²) in [4.78, 5) is 6.60. The molecule has 2 N–H and O–H groups in total. The van der Waals surface area contributed by atoms with E-state index in [1.807, 2.05) is 6.07 Å². The minimum atomic E-state index is -0.0978. The molecule has 1 unspecified atom stereocenters. The van der Waals surface area contributed by atoms with E-state index in [0.29, 0.717) is 5.69 Å². The fraction of sp³-hybridized carbons (Fsp3) is 0.583. The van der Waals surface area contributed by atoms with Gasteiger partial charge >= 0.3 is 0 Å². The molecule has 1 aliphatic rings. The third-order valence-corrected chi connectivity index (χ3v) is 3.75. The van der Waals surface area contributed by atoms with Gasteiger partial charge in [-0.2, -0.15) is 0 Å². The highest BCUT2D eigenvalue weighted by molar-refractivity contribution is 9.10. The number of hydrogen-bond acceptors (Lipinski definition) is 4. The summed E-state index contributed by atoms with van der Waals surface area (Å²) < 4.78 is 6.48. The number of aromatic nitrogens is 1. The Kier molecular flexibility index (Phi) is 3.58. The smallest absolute Gasteiger partial charge is 0.151 e. The molecule has 5 heteroatoms. The Labute approximate surface area is 110 Å². The Morgan fingerprint density at radius 1 is 1.59 bits per heavy atom. The van der Waals surface area contributed by atoms with Gasteiger partial charge in [-0.3, -0.25) is 0 Å². The van der Waals surface area contributed by atoms with E-state index in [1.54, 1.807) is 13.3 Å². The number of nitrogen functional groups attached to an aromatic ring is 1. The lowest BCUT2D eigenvalue weighted by Crippen LogP contribution is -2.47. The van der Waals surface area contributed by atoms with Crippen LogP contribution in [0.5, 0.6) is 0 Å². The van der Waals surface area contributed by atoms with E-state index < -0.39 is 0 Å². The van der Waals surface area contributed by atoms with Gasteiger partial charge in [0.25, 0.3) is 0 Å². The Bertz CT molecular complexity index is 413. The van der Waals surface area contributed by atoms with Crippen molar-refractivity contribution in [3.63, 3.8) is 0 Å². The largest absolute Gasteiger partial charge is 0.396 e. The monoisotopic (exact) mass is 299 g/mol. The average Bonchev–Trinajstić information content (AvgIpc) is 2.29. The van der Waals surface area contributed by atoms with E-state index in [0.717, 1.165) is 36.2 Å². The molecule has 0 radical (unpaired) electrons. The van der Waals surface area contributed by atoms with Crippen LogP contribution in [0, 0.1) is 0 Å². The lowest BCUT2D eigenvalue weighted by molar-refractivity contribution is -0.00478. The van der Waals surface area contributed by atoms with Crippen LogP contribution in [0.4, 0.5) is 11.5 Å². The van der Waals surface area contributed by atoms with Crippen molar-refractivity contribution in [2.24, 2.45) is 0 Å². The summed E-state index contributed by atoms with van der Waals surface area (Å²) >= 11 is 3.37. The first-order chi connectivity index (χ1) is 8.04. The highest BCUT2D eigenvalue weighted by atomic mass is 79.9. The summed E-state index contributed by atoms with van der Waals surface area (Å²) in [6.07, 6.45) is 3.96. The first-order valence-electron chi connectivity index (χ1n) is 5.75. The molecule has 2 heterocycles. The van der Waals surface area contributed by atoms with Crippen molar-refractivity contribution in [1.29, 1.82) is 0 Å². The summed E-state index contributed by atoms with van der Waals surface area (Å²) in [5, 5.41) is 0. The summed E-state index contributed by atoms with van der Waals surface area (Å²) in [5.41, 5.74) is 6.62. The molecule has 0 spiro atoms. The number of halogens is 1. The van der Waals surface area contributed by atoms with Gasteiger partial charge in [-0.1, -0.05) is 0 Å². The minimum Gasteiger partial charge on any atom is -0.396 e. The number of anilines is 2. The second-order valence-electron chi connectivity index (χ2n) is 4.75. The van der Waals surface area contributed by atoms with E-state index in [-0.39, 0.29) is 5.60 Å². The number of nitrogens with two attached hydrogens (primary N) is 1. The molecule has 0 amide bonds. The number of nitrogens with zero attached hydrogens (tertiary/aromatic N) is 2. The molecule has 1 aromatic heterocycles. The number of ether oxygens (including phenoxy) is 1. The van der Waals surface area contributed by atoms with Crippen LogP contribution < -0.4 is 10.6 Å². The number of piperidine rings is 1. The molecular formula is C12H18BrN3O. The van der Waals surface area contributed by atoms with Crippen LogP contribution in [0.3, 0.4) is 0 Å². The highest BCUT2D eigenvalue weighted by Crippen LogP contribution is 2.30. The van der Waals surface area contributed by atoms with Gasteiger partial charge in [0.2, 0.25) is 0 Å². The molecule has 0 saturated carbocycles. The first kappa shape index (κ1) is 12.6. The maximum absolute atomic E-state index is 6.01. The Balaban J connectivity index is 2.22. The predicted octanol–water partition coefficient (Wildman–Crippen LogP) is 2.43. The van der Waals surface area contributed by atoms with Gasteiger partial charge in [0.15, 0.2) is 5.82 Å². The summed E-state index contributed by atoms with van der Waals surface area (Å²) in [5.74, 6) is 0.858. The average molecular weight is 300 g/mol. The third kappa shape index (κ3) is 2.72. The van der Waals surface area contributed by atoms with Crippen molar-refractivity contribution >= 4 is 27.4 Å². The van der Waals surface area contributed by atoms with Crippen LogP contribution in [0.1, 0.15) is 19.8 Å². The van der Waals surface area contributed by atoms with Crippen molar-refractivity contribution in [1.82, 2.24) is 4.98 Å². The molecule has 0 bridgehead atoms. The Hall–Kier alpha value is -0.810. The maximum Gasteiger partial charge on any atom is 0.151 e. The molecule has 1 fully saturated rings. The third-order valence-electron chi connectivity index (χ3n) is 3.31. The van der Waals surface area contributed by atoms with Gasteiger partial charge in [0.05, 0.1) is 11.3 Å². The quantitative estimate of drug-likeness (QED) is 0.911. The zero-order valence-electron chi connectivity index (χ0n) is 10.2. The molecular weight excluding hydrogens is 282 g/mol. The van der Waals surface area contributed by atoms with Gasteiger partial charge < -0.3 is 15.4 Å². The van der Waals surface area contributed by atoms with Gasteiger partial charge in [0, 0.05) is 30.9 Å². The number of pyridine rings is 1. The van der Waals surface area contributed by atoms with E-state index in [1.165, 1.54) is 0 Å². The first-order valence-corrected chi connectivity index (χ1v) is 6.54. The maximum atomic E-state index is 6.01. The summed E-state index contributed by atoms with van der Waals surface area (Å²) in [6.45, 7) is 3.95. The lowest BCUT2D eigenvalue weighted by Gasteiger charge is -2.40. The van der Waals surface area contributed by atoms with E-state index in [9.17, 15) is 0 Å². The molecule has 1 saturated heterocycles. The van der Waals surface area contributed by atoms with E-state index >= 15 is 0 Å². The SMILES string of the molecule is COC1(C)CCCN(c2ncc(Br)cc2N)C1. The Morgan fingerprint density at radius 2 is 2.35 bits per heavy atom. The van der Waals surface area contributed by atoms with Crippen LogP contribution in [0.2, 0.25) is 0 Å². The van der Waals surface area contributed by atoms with Crippen molar-refractivity contribution in [2.75, 3.05) is 30.8 Å². The predicted molar refractivity (Wildman–Crippen MR) is 73.2 cm³/mol. The van der Waals surface area contributed by atoms with Crippen LogP contribution in [-0.4, -0.2) is 30.8 Å². The molecule has 1 aromatic rings. The van der Waals surface area contributed by atoms with Crippen LogP contribution in [0.25, 0.3) is 0 Å². The molecule has 2 rings (SSSR count). The second-order valence-corrected chi connectivity index (χ2v) is 5.66. The molecule has 1 atom stereocenters. The lowest BCUT2D eigenvalue weighted by atomic mass is 9.95. The van der Waals surface area contributed by atoms with Crippen molar-refractivity contribution < 1.29 is 4.74 Å². The fourth-order valence-electron chi connectivity index (χ4n) is 2.27. The number of methoxy groups -OCH3 is 1. The van der Waals surface area contributed by atoms with Gasteiger partial charge in [0.1, 0.15) is 0 Å². The molecule has 17 heavy (non-hydrogen) atoms. The molecule has 94 valence electrons. The second kappa shape index (κ2) is 4.82. The topological polar surface area (TPSA) is 51.4 Å². The van der Waals surface area contributed by atoms with E-state index in [2.05, 4.69) is 32.7 Å². The van der Waals surface area contributed by atoms with Crippen LogP contribution in [0.15, 0.2) is 16.7 Å². The van der Waals surface area contributed by atoms with Gasteiger partial charge in [-0.05, 0) is 41.8 Å². The molecule has 0 aliphatic carbocycles. The summed E-state index contributed by atoms with van der Waals surface area (Å²) in [6, 6.07) is 1.89. The highest BCUT2D eigenvalue weighted by Gasteiger charge is 2.31. The standard InChI is InChI=1S/C12H18BrN3O/c1-12(17-2)4-3-5-16(8-12)11-10(14)6-9(13)7-15-11/h6-7H,3-5,8,14H2,1-2H3. The van der Waals surface area contributed by atoms with Gasteiger partial charge in [-0.15, -0.1) is 0 Å². The van der Waals surface area contributed by atoms with Crippen molar-refractivity contribution in [3.05, 3.63) is 16.7 Å². The normalized spacial score (nSPS) is 25.0. The van der Waals surface area contributed by atoms with Crippen LogP contribution >= 0.6 is 15.9 Å². The minimum absolute atomic E-state index is 0.0978. The number of hydrogen-bond donors (Lipinski definition) is 1. The zero-order valence-corrected chi connectivity index (χ0v) is 11.8. The fourth-order valence-corrected chi connectivity index (χ4v) is 2.61. The Morgan fingerprint density at radius 3 is 3.00 bits per heavy atom. The molecule has 1 aliphatic heterocycles. The molecule has 0 aromatic carbocycles.